The van der Waals surface area contributed by atoms with E-state index in [4.69, 9.17) is 19.4 Å². The lowest BCUT2D eigenvalue weighted by Gasteiger charge is -2.30. The Bertz CT molecular complexity index is 2560. The number of amides is 4. The second-order valence-corrected chi connectivity index (χ2v) is 18.7. The highest BCUT2D eigenvalue weighted by atomic mass is 16.5. The summed E-state index contributed by atoms with van der Waals surface area (Å²) in [5, 5.41) is 5.46. The third kappa shape index (κ3) is 8.04. The van der Waals surface area contributed by atoms with Crippen LogP contribution in [0.1, 0.15) is 101 Å². The predicted octanol–water partition coefficient (Wildman–Crippen LogP) is 8.25. The minimum atomic E-state index is -0.687. The second kappa shape index (κ2) is 16.8. The monoisotopic (exact) mass is 854 g/mol. The lowest BCUT2D eigenvalue weighted by atomic mass is 9.90. The zero-order valence-electron chi connectivity index (χ0n) is 37.0. The number of hydrogen-bond acceptors (Lipinski definition) is 8. The summed E-state index contributed by atoms with van der Waals surface area (Å²) in [6.07, 6.45) is 8.55. The van der Waals surface area contributed by atoms with E-state index >= 15 is 0 Å². The number of carbonyl (C=O) groups excluding carboxylic acids is 4. The molecular weight excluding hydrogens is 797 g/mol. The summed E-state index contributed by atoms with van der Waals surface area (Å²) in [4.78, 5) is 72.1. The predicted molar refractivity (Wildman–Crippen MR) is 239 cm³/mol. The maximum absolute atomic E-state index is 13.8. The van der Waals surface area contributed by atoms with Crippen molar-refractivity contribution in [2.75, 3.05) is 27.3 Å². The average molecular weight is 855 g/mol. The first-order valence-corrected chi connectivity index (χ1v) is 22.5. The molecule has 4 heterocycles. The number of rotatable bonds is 11. The number of methoxy groups -OCH3 is 2. The molecule has 1 saturated carbocycles. The van der Waals surface area contributed by atoms with Crippen LogP contribution in [0.3, 0.4) is 0 Å². The Kier molecular flexibility index (Phi) is 11.3. The third-order valence-corrected chi connectivity index (χ3v) is 13.9. The molecule has 4 aliphatic rings. The minimum absolute atomic E-state index is 0.103. The van der Waals surface area contributed by atoms with Crippen LogP contribution >= 0.6 is 0 Å². The molecule has 0 bridgehead atoms. The molecule has 0 radical (unpaired) electrons. The van der Waals surface area contributed by atoms with Gasteiger partial charge in [0.15, 0.2) is 0 Å². The van der Waals surface area contributed by atoms with Gasteiger partial charge in [0, 0.05) is 13.1 Å². The zero-order valence-corrected chi connectivity index (χ0v) is 37.0. The van der Waals surface area contributed by atoms with E-state index in [-0.39, 0.29) is 35.7 Å². The number of imidazole rings is 2. The number of fused-ring (bicyclic) bond motifs is 2. The summed E-state index contributed by atoms with van der Waals surface area (Å²) >= 11 is 0. The van der Waals surface area contributed by atoms with E-state index in [1.807, 2.05) is 43.7 Å². The number of aromatic amines is 2. The molecule has 2 saturated heterocycles. The lowest BCUT2D eigenvalue weighted by Crippen LogP contribution is -2.51. The molecule has 330 valence electrons. The molecule has 9 rings (SSSR count). The molecule has 5 aromatic rings. The Morgan fingerprint density at radius 1 is 0.698 bits per heavy atom. The number of nitrogens with zero attached hydrogens (tertiary/aromatic N) is 4. The van der Waals surface area contributed by atoms with E-state index in [1.165, 1.54) is 54.9 Å². The van der Waals surface area contributed by atoms with Crippen LogP contribution in [-0.2, 0) is 31.9 Å². The molecule has 14 heteroatoms. The fraction of sp³-hybridized carbons (Fsp3) is 0.469. The molecule has 4 amide bonds. The summed E-state index contributed by atoms with van der Waals surface area (Å²) in [5.74, 6) is 1.05. The fourth-order valence-corrected chi connectivity index (χ4v) is 10.2. The van der Waals surface area contributed by atoms with Crippen LogP contribution in [0.25, 0.3) is 44.5 Å². The van der Waals surface area contributed by atoms with Gasteiger partial charge < -0.3 is 39.9 Å². The van der Waals surface area contributed by atoms with Gasteiger partial charge in [-0.25, -0.2) is 19.6 Å². The van der Waals surface area contributed by atoms with E-state index < -0.39 is 24.3 Å². The fourth-order valence-electron chi connectivity index (χ4n) is 10.2. The largest absolute Gasteiger partial charge is 0.453 e. The van der Waals surface area contributed by atoms with E-state index in [0.717, 1.165) is 78.0 Å². The molecule has 4 atom stereocenters. The van der Waals surface area contributed by atoms with E-state index in [0.29, 0.717) is 18.5 Å². The van der Waals surface area contributed by atoms with Gasteiger partial charge in [-0.2, -0.15) is 0 Å². The molecule has 3 aromatic carbocycles. The van der Waals surface area contributed by atoms with Gasteiger partial charge in [0.1, 0.15) is 23.7 Å². The second-order valence-electron chi connectivity index (χ2n) is 18.7. The van der Waals surface area contributed by atoms with Crippen molar-refractivity contribution in [3.8, 4) is 33.5 Å². The van der Waals surface area contributed by atoms with Gasteiger partial charge in [0.25, 0.3) is 0 Å². The molecule has 3 fully saturated rings. The topological polar surface area (TPSA) is 175 Å². The molecule has 2 aliphatic heterocycles. The van der Waals surface area contributed by atoms with E-state index in [2.05, 4.69) is 75.2 Å². The standard InChI is InChI=1S/C49H58N8O6/c1-27(2)41(54-47(60)62-5)45(58)56-21-7-9-39(56)43-50-26-38(53-43)30-13-11-29(12-14-30)32-16-17-33(35-25-49(19-20-49)24-34(32)35)31-15-18-36-37(23-31)52-44(51-36)40-10-8-22-57(40)46(59)42(28(3)4)55-48(61)63-6/h11-18,23,26-28,39-42H,7-10,19-22,24-25H2,1-6H3,(H,50,53)(H,51,52)(H,54,60)(H,55,61)/t39-,40?,41-,42-/m0/s1. The molecule has 2 aromatic heterocycles. The number of ether oxygens (including phenoxy) is 2. The van der Waals surface area contributed by atoms with Gasteiger partial charge >= 0.3 is 12.2 Å². The number of nitrogens with one attached hydrogen (secondary N) is 4. The average Bonchev–Trinajstić information content (AvgIpc) is 3.95. The van der Waals surface area contributed by atoms with Crippen molar-refractivity contribution in [3.63, 3.8) is 0 Å². The SMILES string of the molecule is COC(=O)N[C@H](C(=O)N1CCCC1c1nc2ccc(-c3ccc(-c4ccc(-c5cnc([C@@H]6CCCN6C(=O)[C@@H](NC(=O)OC)C(C)C)[nH]5)cc4)c4c3CC3(CC3)C4)cc2[nH]1)C(C)C. The van der Waals surface area contributed by atoms with Gasteiger partial charge in [0.05, 0.1) is 49.2 Å². The van der Waals surface area contributed by atoms with Crippen molar-refractivity contribution >= 4 is 35.0 Å². The number of alkyl carbamates (subject to hydrolysis) is 2. The number of aromatic nitrogens is 4. The lowest BCUT2D eigenvalue weighted by molar-refractivity contribution is -0.136. The molecule has 1 spiro atoms. The summed E-state index contributed by atoms with van der Waals surface area (Å²) < 4.78 is 9.61. The highest BCUT2D eigenvalue weighted by molar-refractivity contribution is 5.88. The summed E-state index contributed by atoms with van der Waals surface area (Å²) in [7, 11) is 2.61. The van der Waals surface area contributed by atoms with Crippen molar-refractivity contribution in [2.24, 2.45) is 17.3 Å². The molecular formula is C49H58N8O6. The van der Waals surface area contributed by atoms with Gasteiger partial charge in [-0.3, -0.25) is 9.59 Å². The molecule has 63 heavy (non-hydrogen) atoms. The van der Waals surface area contributed by atoms with Crippen LogP contribution in [0.2, 0.25) is 0 Å². The maximum atomic E-state index is 13.8. The van der Waals surface area contributed by atoms with Crippen LogP contribution < -0.4 is 10.6 Å². The number of hydrogen-bond donors (Lipinski definition) is 4. The Labute approximate surface area is 367 Å². The van der Waals surface area contributed by atoms with Gasteiger partial charge in [-0.15, -0.1) is 0 Å². The first kappa shape index (κ1) is 42.1. The number of likely N-dealkylation sites (tertiary alicyclic amines) is 2. The highest BCUT2D eigenvalue weighted by Gasteiger charge is 2.48. The molecule has 2 aliphatic carbocycles. The van der Waals surface area contributed by atoms with Crippen LogP contribution in [0.15, 0.2) is 60.8 Å². The summed E-state index contributed by atoms with van der Waals surface area (Å²) in [5.41, 5.74) is 11.8. The molecule has 1 unspecified atom stereocenters. The summed E-state index contributed by atoms with van der Waals surface area (Å²) in [6.45, 7) is 8.88. The first-order valence-electron chi connectivity index (χ1n) is 22.5. The molecule has 4 N–H and O–H groups in total. The number of H-pyrrole nitrogens is 2. The normalized spacial score (nSPS) is 19.7. The van der Waals surface area contributed by atoms with Crippen LogP contribution in [0.4, 0.5) is 9.59 Å². The van der Waals surface area contributed by atoms with Crippen LogP contribution in [0, 0.1) is 17.3 Å². The van der Waals surface area contributed by atoms with Crippen molar-refractivity contribution in [1.82, 2.24) is 40.4 Å². The third-order valence-electron chi connectivity index (χ3n) is 13.9. The smallest absolute Gasteiger partial charge is 0.407 e. The van der Waals surface area contributed by atoms with Crippen molar-refractivity contribution < 1.29 is 28.7 Å². The van der Waals surface area contributed by atoms with Crippen molar-refractivity contribution in [1.29, 1.82) is 0 Å². The quantitative estimate of drug-likeness (QED) is 0.103. The first-order chi connectivity index (χ1) is 30.4. The van der Waals surface area contributed by atoms with Crippen LogP contribution in [-0.4, -0.2) is 93.1 Å². The van der Waals surface area contributed by atoms with Gasteiger partial charge in [-0.1, -0.05) is 70.2 Å². The Balaban J connectivity index is 0.944. The number of benzene rings is 3. The number of carbonyl (C=O) groups is 4. The highest BCUT2D eigenvalue weighted by Crippen LogP contribution is 2.58. The van der Waals surface area contributed by atoms with Gasteiger partial charge in [-0.05, 0) is 120 Å². The maximum Gasteiger partial charge on any atom is 0.407 e. The van der Waals surface area contributed by atoms with Gasteiger partial charge in [0.2, 0.25) is 11.8 Å². The summed E-state index contributed by atoms with van der Waals surface area (Å²) in [6, 6.07) is 17.9. The Morgan fingerprint density at radius 2 is 1.22 bits per heavy atom. The van der Waals surface area contributed by atoms with E-state index in [9.17, 15) is 19.2 Å². The molecule has 14 nitrogen and oxygen atoms in total. The Morgan fingerprint density at radius 3 is 1.76 bits per heavy atom. The van der Waals surface area contributed by atoms with Crippen molar-refractivity contribution in [3.05, 3.63) is 83.6 Å². The minimum Gasteiger partial charge on any atom is -0.453 e. The van der Waals surface area contributed by atoms with Crippen LogP contribution in [0.5, 0.6) is 0 Å². The zero-order chi connectivity index (χ0) is 44.2. The van der Waals surface area contributed by atoms with Crippen molar-refractivity contribution in [2.45, 2.75) is 103 Å². The Hall–Kier alpha value is -6.18. The van der Waals surface area contributed by atoms with E-state index in [1.54, 1.807) is 0 Å².